The predicted octanol–water partition coefficient (Wildman–Crippen LogP) is 1.90. The van der Waals surface area contributed by atoms with E-state index in [-0.39, 0.29) is 0 Å². The first-order chi connectivity index (χ1) is 7.06. The number of aromatic nitrogens is 1. The molecule has 1 heterocycles. The molecule has 1 aromatic heterocycles. The average molecular weight is 210 g/mol. The standard InChI is InChI=1S/C11H18N2O2/c1-4-5-10(11(14)15)12-13-8(2)6-7-9(13)3/h6-7,10,12H,4-5H2,1-3H3,(H,14,15). The third-order valence-corrected chi connectivity index (χ3v) is 2.43. The quantitative estimate of drug-likeness (QED) is 0.780. The number of carbonyl (C=O) groups is 1. The van der Waals surface area contributed by atoms with Crippen LogP contribution in [0.15, 0.2) is 12.1 Å². The highest BCUT2D eigenvalue weighted by atomic mass is 16.4. The summed E-state index contributed by atoms with van der Waals surface area (Å²) < 4.78 is 1.83. The zero-order valence-corrected chi connectivity index (χ0v) is 9.45. The van der Waals surface area contributed by atoms with E-state index in [9.17, 15) is 4.79 Å². The van der Waals surface area contributed by atoms with Crippen molar-refractivity contribution in [2.45, 2.75) is 39.7 Å². The summed E-state index contributed by atoms with van der Waals surface area (Å²) in [6, 6.07) is 3.42. The minimum Gasteiger partial charge on any atom is -0.480 e. The van der Waals surface area contributed by atoms with Crippen LogP contribution in [0.4, 0.5) is 0 Å². The van der Waals surface area contributed by atoms with Crippen molar-refractivity contribution < 1.29 is 9.90 Å². The van der Waals surface area contributed by atoms with E-state index >= 15 is 0 Å². The molecular weight excluding hydrogens is 192 g/mol. The van der Waals surface area contributed by atoms with Gasteiger partial charge in [0.25, 0.3) is 0 Å². The Labute approximate surface area is 89.9 Å². The Morgan fingerprint density at radius 3 is 2.40 bits per heavy atom. The number of carboxylic acid groups (broad SMARTS) is 1. The van der Waals surface area contributed by atoms with Crippen LogP contribution in [0.1, 0.15) is 31.2 Å². The number of rotatable bonds is 5. The fraction of sp³-hybridized carbons (Fsp3) is 0.545. The molecule has 2 N–H and O–H groups in total. The number of aryl methyl sites for hydroxylation is 2. The van der Waals surface area contributed by atoms with Crippen molar-refractivity contribution in [3.05, 3.63) is 23.5 Å². The lowest BCUT2D eigenvalue weighted by Crippen LogP contribution is -2.35. The van der Waals surface area contributed by atoms with Gasteiger partial charge in [-0.15, -0.1) is 0 Å². The smallest absolute Gasteiger partial charge is 0.327 e. The zero-order valence-electron chi connectivity index (χ0n) is 9.45. The molecule has 4 heteroatoms. The maximum atomic E-state index is 11.0. The van der Waals surface area contributed by atoms with Gasteiger partial charge in [0.1, 0.15) is 6.04 Å². The van der Waals surface area contributed by atoms with E-state index in [1.807, 2.05) is 37.6 Å². The van der Waals surface area contributed by atoms with Gasteiger partial charge in [0, 0.05) is 11.4 Å². The second-order valence-electron chi connectivity index (χ2n) is 3.76. The number of nitrogens with one attached hydrogen (secondary N) is 1. The summed E-state index contributed by atoms with van der Waals surface area (Å²) in [5, 5.41) is 9.01. The number of nitrogens with zero attached hydrogens (tertiary/aromatic N) is 1. The molecule has 1 aromatic rings. The summed E-state index contributed by atoms with van der Waals surface area (Å²) in [4.78, 5) is 11.0. The first kappa shape index (κ1) is 11.6. The van der Waals surface area contributed by atoms with Crippen LogP contribution in [-0.2, 0) is 4.79 Å². The SMILES string of the molecule is CCCC(Nn1c(C)ccc1C)C(=O)O. The molecule has 84 valence electrons. The summed E-state index contributed by atoms with van der Waals surface area (Å²) in [5.74, 6) is -0.802. The fourth-order valence-corrected chi connectivity index (χ4v) is 1.56. The molecule has 0 spiro atoms. The molecule has 0 fully saturated rings. The summed E-state index contributed by atoms with van der Waals surface area (Å²) >= 11 is 0. The van der Waals surface area contributed by atoms with Crippen LogP contribution in [0.5, 0.6) is 0 Å². The van der Waals surface area contributed by atoms with Crippen LogP contribution in [-0.4, -0.2) is 21.8 Å². The Morgan fingerprint density at radius 1 is 1.47 bits per heavy atom. The lowest BCUT2D eigenvalue weighted by molar-refractivity contribution is -0.138. The van der Waals surface area contributed by atoms with Crippen molar-refractivity contribution in [2.24, 2.45) is 0 Å². The van der Waals surface area contributed by atoms with Gasteiger partial charge in [0.2, 0.25) is 0 Å². The van der Waals surface area contributed by atoms with Gasteiger partial charge in [-0.05, 0) is 32.4 Å². The molecule has 15 heavy (non-hydrogen) atoms. The molecule has 0 aliphatic carbocycles. The van der Waals surface area contributed by atoms with Gasteiger partial charge >= 0.3 is 5.97 Å². The van der Waals surface area contributed by atoms with Gasteiger partial charge in [-0.3, -0.25) is 4.68 Å². The second-order valence-corrected chi connectivity index (χ2v) is 3.76. The van der Waals surface area contributed by atoms with E-state index in [2.05, 4.69) is 5.43 Å². The van der Waals surface area contributed by atoms with Crippen LogP contribution < -0.4 is 5.43 Å². The van der Waals surface area contributed by atoms with Crippen molar-refractivity contribution in [1.29, 1.82) is 0 Å². The largest absolute Gasteiger partial charge is 0.480 e. The van der Waals surface area contributed by atoms with Crippen LogP contribution in [0, 0.1) is 13.8 Å². The minimum atomic E-state index is -0.802. The van der Waals surface area contributed by atoms with Crippen LogP contribution in [0.3, 0.4) is 0 Å². The maximum absolute atomic E-state index is 11.0. The summed E-state index contributed by atoms with van der Waals surface area (Å²) in [7, 11) is 0. The van der Waals surface area contributed by atoms with Crippen LogP contribution in [0.25, 0.3) is 0 Å². The summed E-state index contributed by atoms with van der Waals surface area (Å²) in [5.41, 5.74) is 5.06. The molecule has 1 atom stereocenters. The summed E-state index contributed by atoms with van der Waals surface area (Å²) in [6.45, 7) is 5.88. The lowest BCUT2D eigenvalue weighted by atomic mass is 10.2. The van der Waals surface area contributed by atoms with E-state index in [4.69, 9.17) is 5.11 Å². The molecule has 4 nitrogen and oxygen atoms in total. The molecule has 0 amide bonds. The highest BCUT2D eigenvalue weighted by Crippen LogP contribution is 2.07. The fourth-order valence-electron chi connectivity index (χ4n) is 1.56. The molecule has 1 unspecified atom stereocenters. The third kappa shape index (κ3) is 2.75. The van der Waals surface area contributed by atoms with Crippen LogP contribution >= 0.6 is 0 Å². The molecule has 0 bridgehead atoms. The number of hydrogen-bond donors (Lipinski definition) is 2. The first-order valence-corrected chi connectivity index (χ1v) is 5.20. The minimum absolute atomic E-state index is 0.514. The molecular formula is C11H18N2O2. The number of carboxylic acids is 1. The van der Waals surface area contributed by atoms with Gasteiger partial charge in [-0.25, -0.2) is 4.79 Å². The van der Waals surface area contributed by atoms with Gasteiger partial charge in [-0.2, -0.15) is 0 Å². The Morgan fingerprint density at radius 2 is 2.00 bits per heavy atom. The second kappa shape index (κ2) is 4.87. The molecule has 0 saturated carbocycles. The Balaban J connectivity index is 2.78. The van der Waals surface area contributed by atoms with Crippen LogP contribution in [0.2, 0.25) is 0 Å². The Hall–Kier alpha value is -1.45. The summed E-state index contributed by atoms with van der Waals surface area (Å²) in [6.07, 6.45) is 1.48. The highest BCUT2D eigenvalue weighted by Gasteiger charge is 2.16. The van der Waals surface area contributed by atoms with E-state index in [0.717, 1.165) is 17.8 Å². The van der Waals surface area contributed by atoms with E-state index in [0.29, 0.717) is 6.42 Å². The Bertz CT molecular complexity index is 325. The van der Waals surface area contributed by atoms with Gasteiger partial charge < -0.3 is 10.5 Å². The van der Waals surface area contributed by atoms with Gasteiger partial charge in [0.15, 0.2) is 0 Å². The Kier molecular flexibility index (Phi) is 3.77. The zero-order chi connectivity index (χ0) is 11.4. The molecule has 0 aromatic carbocycles. The van der Waals surface area contributed by atoms with E-state index in [1.165, 1.54) is 0 Å². The molecule has 0 saturated heterocycles. The van der Waals surface area contributed by atoms with E-state index < -0.39 is 12.0 Å². The van der Waals surface area contributed by atoms with Crippen molar-refractivity contribution in [3.63, 3.8) is 0 Å². The predicted molar refractivity (Wildman–Crippen MR) is 59.6 cm³/mol. The number of aliphatic carboxylic acids is 1. The van der Waals surface area contributed by atoms with Crippen molar-refractivity contribution >= 4 is 5.97 Å². The topological polar surface area (TPSA) is 54.3 Å². The van der Waals surface area contributed by atoms with Crippen molar-refractivity contribution in [2.75, 3.05) is 5.43 Å². The number of hydrogen-bond acceptors (Lipinski definition) is 2. The van der Waals surface area contributed by atoms with Crippen molar-refractivity contribution in [3.8, 4) is 0 Å². The van der Waals surface area contributed by atoms with E-state index in [1.54, 1.807) is 0 Å². The maximum Gasteiger partial charge on any atom is 0.327 e. The van der Waals surface area contributed by atoms with Gasteiger partial charge in [0.05, 0.1) is 0 Å². The highest BCUT2D eigenvalue weighted by molar-refractivity contribution is 5.74. The lowest BCUT2D eigenvalue weighted by Gasteiger charge is -2.18. The first-order valence-electron chi connectivity index (χ1n) is 5.20. The average Bonchev–Trinajstić information content (AvgIpc) is 2.48. The molecule has 1 rings (SSSR count). The van der Waals surface area contributed by atoms with Gasteiger partial charge in [-0.1, -0.05) is 13.3 Å². The molecule has 0 aliphatic heterocycles. The van der Waals surface area contributed by atoms with Crippen molar-refractivity contribution in [1.82, 2.24) is 4.68 Å². The molecule has 0 radical (unpaired) electrons. The monoisotopic (exact) mass is 210 g/mol. The normalized spacial score (nSPS) is 12.5. The third-order valence-electron chi connectivity index (χ3n) is 2.43. The molecule has 0 aliphatic rings.